The van der Waals surface area contributed by atoms with Crippen molar-refractivity contribution in [2.75, 3.05) is 19.6 Å². The van der Waals surface area contributed by atoms with Crippen molar-refractivity contribution >= 4 is 5.78 Å². The predicted octanol–water partition coefficient (Wildman–Crippen LogP) is 0.823. The second-order valence-electron chi connectivity index (χ2n) is 5.10. The summed E-state index contributed by atoms with van der Waals surface area (Å²) in [6, 6.07) is -0.0310. The summed E-state index contributed by atoms with van der Waals surface area (Å²) in [6.45, 7) is 4.19. The minimum atomic E-state index is -3.30. The summed E-state index contributed by atoms with van der Waals surface area (Å²) >= 11 is 0. The molecule has 0 radical (unpaired) electrons. The van der Waals surface area contributed by atoms with E-state index >= 15 is 0 Å². The summed E-state index contributed by atoms with van der Waals surface area (Å²) < 4.78 is 26.5. The second kappa shape index (κ2) is 4.68. The molecule has 1 N–H and O–H groups in total. The minimum absolute atomic E-state index is 0.0126. The van der Waals surface area contributed by atoms with E-state index in [9.17, 15) is 18.7 Å². The number of ketones is 1. The second-order valence-corrected chi connectivity index (χ2v) is 5.10. The number of fused-ring (bicyclic) bond motifs is 2. The van der Waals surface area contributed by atoms with Gasteiger partial charge in [0.1, 0.15) is 0 Å². The van der Waals surface area contributed by atoms with Gasteiger partial charge in [-0.1, -0.05) is 11.6 Å². The molecule has 2 unspecified atom stereocenters. The number of rotatable bonds is 4. The van der Waals surface area contributed by atoms with E-state index in [0.717, 1.165) is 12.5 Å². The molecular formula is C12H18F2N2O2. The lowest BCUT2D eigenvalue weighted by atomic mass is 10.1. The normalized spacial score (nSPS) is 32.5. The molecule has 6 heteroatoms. The van der Waals surface area contributed by atoms with Crippen molar-refractivity contribution in [1.82, 2.24) is 9.80 Å². The number of halogens is 2. The average Bonchev–Trinajstić information content (AvgIpc) is 2.48. The van der Waals surface area contributed by atoms with Crippen LogP contribution in [-0.2, 0) is 4.79 Å². The maximum atomic E-state index is 13.3. The zero-order valence-electron chi connectivity index (χ0n) is 10.6. The van der Waals surface area contributed by atoms with Gasteiger partial charge in [-0.3, -0.25) is 14.6 Å². The number of carbonyl (C=O) groups excluding carboxylic acids is 1. The summed E-state index contributed by atoms with van der Waals surface area (Å²) in [5, 5.41) is 10.0. The molecule has 1 fully saturated rings. The summed E-state index contributed by atoms with van der Waals surface area (Å²) in [7, 11) is 0. The highest BCUT2D eigenvalue weighted by Gasteiger charge is 2.42. The van der Waals surface area contributed by atoms with Crippen LogP contribution in [0.25, 0.3) is 0 Å². The van der Waals surface area contributed by atoms with E-state index in [0.29, 0.717) is 13.1 Å². The van der Waals surface area contributed by atoms with Crippen LogP contribution in [0.2, 0.25) is 0 Å². The molecule has 18 heavy (non-hydrogen) atoms. The van der Waals surface area contributed by atoms with Crippen LogP contribution in [0.15, 0.2) is 11.6 Å². The highest BCUT2D eigenvalue weighted by atomic mass is 19.3. The van der Waals surface area contributed by atoms with Crippen molar-refractivity contribution in [2.24, 2.45) is 0 Å². The van der Waals surface area contributed by atoms with E-state index in [-0.39, 0.29) is 12.6 Å². The summed E-state index contributed by atoms with van der Waals surface area (Å²) in [4.78, 5) is 14.2. The smallest absolute Gasteiger partial charge is 0.306 e. The highest BCUT2D eigenvalue weighted by Crippen LogP contribution is 2.28. The van der Waals surface area contributed by atoms with Gasteiger partial charge in [0, 0.05) is 39.0 Å². The minimum Gasteiger partial charge on any atom is -0.365 e. The molecule has 4 nitrogen and oxygen atoms in total. The van der Waals surface area contributed by atoms with Gasteiger partial charge in [-0.05, 0) is 6.92 Å². The lowest BCUT2D eigenvalue weighted by Gasteiger charge is -2.26. The zero-order chi connectivity index (χ0) is 13.5. The van der Waals surface area contributed by atoms with Crippen LogP contribution in [0.1, 0.15) is 20.3 Å². The van der Waals surface area contributed by atoms with Crippen molar-refractivity contribution in [3.63, 3.8) is 0 Å². The first kappa shape index (κ1) is 13.6. The summed E-state index contributed by atoms with van der Waals surface area (Å²) in [5.41, 5.74) is 1.13. The Balaban J connectivity index is 2.00. The molecule has 0 aromatic heterocycles. The number of hydrogen-bond acceptors (Lipinski definition) is 4. The van der Waals surface area contributed by atoms with E-state index in [1.807, 2.05) is 17.9 Å². The van der Waals surface area contributed by atoms with Gasteiger partial charge in [-0.15, -0.1) is 0 Å². The topological polar surface area (TPSA) is 43.8 Å². The molecular weight excluding hydrogens is 242 g/mol. The quantitative estimate of drug-likeness (QED) is 0.760. The molecule has 2 rings (SSSR count). The number of aliphatic hydroxyl groups excluding tert-OH is 1. The Morgan fingerprint density at radius 3 is 2.89 bits per heavy atom. The van der Waals surface area contributed by atoms with Gasteiger partial charge in [-0.25, -0.2) is 0 Å². The monoisotopic (exact) mass is 260 g/mol. The van der Waals surface area contributed by atoms with E-state index < -0.39 is 24.5 Å². The molecule has 2 aliphatic rings. The molecule has 2 aliphatic heterocycles. The fourth-order valence-electron chi connectivity index (χ4n) is 2.54. The van der Waals surface area contributed by atoms with Gasteiger partial charge in [0.15, 0.2) is 12.1 Å². The Kier molecular flexibility index (Phi) is 3.53. The Morgan fingerprint density at radius 1 is 1.61 bits per heavy atom. The molecule has 0 aliphatic carbocycles. The standard InChI is InChI=1S/C12H18F2N2O2/c1-8-5-10-7-15(6-8)11(18)16(10)4-3-12(13,14)9(2)17/h5,10-11,18H,3-4,6-7H2,1-2H3/t10-,11?/m0/s1. The van der Waals surface area contributed by atoms with E-state index in [2.05, 4.69) is 0 Å². The van der Waals surface area contributed by atoms with Crippen LogP contribution in [0.3, 0.4) is 0 Å². The Morgan fingerprint density at radius 2 is 2.28 bits per heavy atom. The lowest BCUT2D eigenvalue weighted by molar-refractivity contribution is -0.143. The fourth-order valence-corrected chi connectivity index (χ4v) is 2.54. The van der Waals surface area contributed by atoms with Crippen molar-refractivity contribution in [3.05, 3.63) is 11.6 Å². The van der Waals surface area contributed by atoms with E-state index in [1.54, 1.807) is 4.90 Å². The van der Waals surface area contributed by atoms with Gasteiger partial charge in [0.25, 0.3) is 0 Å². The fraction of sp³-hybridized carbons (Fsp3) is 0.750. The Hall–Kier alpha value is -0.850. The molecule has 0 aromatic rings. The first-order valence-electron chi connectivity index (χ1n) is 6.05. The van der Waals surface area contributed by atoms with Crippen LogP contribution in [-0.4, -0.2) is 58.6 Å². The number of Topliss-reactive ketones (excluding diaryl/α,β-unsaturated/α-hetero) is 1. The largest absolute Gasteiger partial charge is 0.365 e. The molecule has 2 bridgehead atoms. The first-order chi connectivity index (χ1) is 8.31. The maximum absolute atomic E-state index is 13.3. The van der Waals surface area contributed by atoms with Crippen molar-refractivity contribution in [3.8, 4) is 0 Å². The zero-order valence-corrected chi connectivity index (χ0v) is 10.6. The van der Waals surface area contributed by atoms with Crippen LogP contribution in [0.5, 0.6) is 0 Å². The van der Waals surface area contributed by atoms with E-state index in [1.165, 1.54) is 0 Å². The maximum Gasteiger partial charge on any atom is 0.306 e. The van der Waals surface area contributed by atoms with Crippen molar-refractivity contribution < 1.29 is 18.7 Å². The molecule has 0 spiro atoms. The number of carbonyl (C=O) groups is 1. The number of alkyl halides is 2. The third-order valence-corrected chi connectivity index (χ3v) is 3.60. The molecule has 2 heterocycles. The molecule has 1 saturated heterocycles. The van der Waals surface area contributed by atoms with Crippen molar-refractivity contribution in [1.29, 1.82) is 0 Å². The Labute approximate surface area is 105 Å². The first-order valence-corrected chi connectivity index (χ1v) is 6.05. The summed E-state index contributed by atoms with van der Waals surface area (Å²) in [6.07, 6.45) is 0.626. The lowest BCUT2D eigenvalue weighted by Crippen LogP contribution is -2.42. The van der Waals surface area contributed by atoms with Crippen LogP contribution in [0, 0.1) is 0 Å². The van der Waals surface area contributed by atoms with Crippen LogP contribution >= 0.6 is 0 Å². The third kappa shape index (κ3) is 2.46. The molecule has 102 valence electrons. The van der Waals surface area contributed by atoms with Gasteiger partial charge in [0.2, 0.25) is 0 Å². The van der Waals surface area contributed by atoms with Gasteiger partial charge >= 0.3 is 5.92 Å². The van der Waals surface area contributed by atoms with Gasteiger partial charge in [-0.2, -0.15) is 8.78 Å². The molecule has 0 saturated carbocycles. The van der Waals surface area contributed by atoms with Gasteiger partial charge < -0.3 is 5.11 Å². The average molecular weight is 260 g/mol. The summed E-state index contributed by atoms with van der Waals surface area (Å²) in [5.74, 6) is -4.42. The third-order valence-electron chi connectivity index (χ3n) is 3.60. The number of hydrogen-bond donors (Lipinski definition) is 1. The molecule has 0 aromatic carbocycles. The Bertz CT molecular complexity index is 384. The molecule has 0 amide bonds. The van der Waals surface area contributed by atoms with Crippen LogP contribution < -0.4 is 0 Å². The molecule has 3 atom stereocenters. The number of aliphatic hydroxyl groups is 1. The highest BCUT2D eigenvalue weighted by molar-refractivity contribution is 5.82. The SMILES string of the molecule is CC(=O)C(F)(F)CCN1C(O)N2CC(C)=C[C@H]1C2. The van der Waals surface area contributed by atoms with E-state index in [4.69, 9.17) is 0 Å². The van der Waals surface area contributed by atoms with Crippen molar-refractivity contribution in [2.45, 2.75) is 38.6 Å². The van der Waals surface area contributed by atoms with Gasteiger partial charge in [0.05, 0.1) is 0 Å². The number of nitrogens with zero attached hydrogens (tertiary/aromatic N) is 2. The van der Waals surface area contributed by atoms with Crippen LogP contribution in [0.4, 0.5) is 8.78 Å². The predicted molar refractivity (Wildman–Crippen MR) is 62.1 cm³/mol.